The van der Waals surface area contributed by atoms with Crippen molar-refractivity contribution in [3.63, 3.8) is 0 Å². The molecule has 0 radical (unpaired) electrons. The van der Waals surface area contributed by atoms with Crippen LogP contribution in [0.15, 0.2) is 126 Å². The van der Waals surface area contributed by atoms with Crippen LogP contribution in [0, 0.1) is 0 Å². The first-order valence-electron chi connectivity index (χ1n) is 14.0. The zero-order valence-corrected chi connectivity index (χ0v) is 23.4. The molecule has 2 unspecified atom stereocenters. The average Bonchev–Trinajstić information content (AvgIpc) is 3.43. The summed E-state index contributed by atoms with van der Waals surface area (Å²) in [4.78, 5) is 15.5. The summed E-state index contributed by atoms with van der Waals surface area (Å²) in [6, 6.07) is 40.5. The van der Waals surface area contributed by atoms with E-state index in [0.29, 0.717) is 0 Å². The van der Waals surface area contributed by atoms with E-state index in [1.807, 2.05) is 78.9 Å². The van der Waals surface area contributed by atoms with Crippen molar-refractivity contribution < 1.29 is 4.57 Å². The monoisotopic (exact) mass is 547 g/mol. The van der Waals surface area contributed by atoms with Gasteiger partial charge in [-0.15, -0.1) is 0 Å². The van der Waals surface area contributed by atoms with Gasteiger partial charge in [0.15, 0.2) is 7.14 Å². The second-order valence-corrected chi connectivity index (χ2v) is 13.2. The molecule has 0 bridgehead atoms. The molecule has 3 heterocycles. The SMILES string of the molecule is CCC1=Nc2ccc(-c3nc4ccccc4nc3-c3ccccc3)c3c2C1c1ccccc1P3(=O)c1ccccc1. The molecule has 2 aliphatic heterocycles. The van der Waals surface area contributed by atoms with E-state index in [1.165, 1.54) is 0 Å². The summed E-state index contributed by atoms with van der Waals surface area (Å²) in [5.41, 5.74) is 9.16. The molecular weight excluding hydrogens is 521 g/mol. The van der Waals surface area contributed by atoms with Crippen molar-refractivity contribution in [3.8, 4) is 22.5 Å². The Morgan fingerprint density at radius 3 is 2.05 bits per heavy atom. The van der Waals surface area contributed by atoms with E-state index >= 15 is 4.57 Å². The quantitative estimate of drug-likeness (QED) is 0.214. The Labute approximate surface area is 238 Å². The van der Waals surface area contributed by atoms with Crippen molar-refractivity contribution in [2.24, 2.45) is 4.99 Å². The lowest BCUT2D eigenvalue weighted by Gasteiger charge is -2.34. The van der Waals surface area contributed by atoms with Gasteiger partial charge in [0.05, 0.1) is 34.0 Å². The summed E-state index contributed by atoms with van der Waals surface area (Å²) in [5.74, 6) is -0.0273. The summed E-state index contributed by atoms with van der Waals surface area (Å²) in [5, 5.41) is 2.56. The molecule has 0 saturated carbocycles. The van der Waals surface area contributed by atoms with E-state index in [-0.39, 0.29) is 5.92 Å². The molecule has 4 nitrogen and oxygen atoms in total. The van der Waals surface area contributed by atoms with E-state index in [1.54, 1.807) is 0 Å². The lowest BCUT2D eigenvalue weighted by atomic mass is 9.85. The highest BCUT2D eigenvalue weighted by Crippen LogP contribution is 2.57. The molecule has 0 spiro atoms. The first-order valence-corrected chi connectivity index (χ1v) is 15.7. The van der Waals surface area contributed by atoms with Crippen molar-refractivity contribution in [3.05, 3.63) is 132 Å². The minimum Gasteiger partial charge on any atom is -0.309 e. The number of hydrogen-bond acceptors (Lipinski definition) is 4. The van der Waals surface area contributed by atoms with E-state index in [2.05, 4.69) is 49.4 Å². The van der Waals surface area contributed by atoms with Gasteiger partial charge >= 0.3 is 0 Å². The van der Waals surface area contributed by atoms with Crippen molar-refractivity contribution in [1.29, 1.82) is 0 Å². The maximum Gasteiger partial charge on any atom is 0.172 e. The predicted molar refractivity (Wildman–Crippen MR) is 169 cm³/mol. The molecule has 5 heteroatoms. The highest BCUT2D eigenvalue weighted by molar-refractivity contribution is 7.85. The average molecular weight is 548 g/mol. The highest BCUT2D eigenvalue weighted by Gasteiger charge is 2.47. The number of fused-ring (bicyclic) bond motifs is 3. The Balaban J connectivity index is 1.53. The normalized spacial score (nSPS) is 18.6. The summed E-state index contributed by atoms with van der Waals surface area (Å²) >= 11 is 0. The van der Waals surface area contributed by atoms with Crippen LogP contribution in [0.1, 0.15) is 30.4 Å². The molecule has 41 heavy (non-hydrogen) atoms. The first kappa shape index (κ1) is 24.2. The molecule has 1 aromatic heterocycles. The van der Waals surface area contributed by atoms with Gasteiger partial charge < -0.3 is 4.57 Å². The molecule has 0 aliphatic carbocycles. The fourth-order valence-corrected chi connectivity index (χ4v) is 9.88. The Bertz CT molecular complexity index is 2070. The van der Waals surface area contributed by atoms with Gasteiger partial charge in [-0.25, -0.2) is 9.97 Å². The standard InChI is InChI=1S/C36H26N3OP/c1-2-27-32-25-17-9-12-20-31(25)41(40,24-15-7-4-8-16-24)36-26(21-22-30(37-27)33(32)36)35-34(23-13-5-3-6-14-23)38-28-18-10-11-19-29(28)39-35/h3-22,32H,2H2,1H3. The lowest BCUT2D eigenvalue weighted by molar-refractivity contribution is 0.592. The second kappa shape index (κ2) is 9.19. The number of para-hydroxylation sites is 2. The Hall–Kier alpha value is -4.66. The second-order valence-electron chi connectivity index (χ2n) is 10.6. The Kier molecular flexibility index (Phi) is 5.42. The van der Waals surface area contributed by atoms with Crippen LogP contribution in [-0.4, -0.2) is 15.7 Å². The van der Waals surface area contributed by atoms with Gasteiger partial charge in [-0.3, -0.25) is 4.99 Å². The number of aliphatic imine (C=N–C) groups is 1. The van der Waals surface area contributed by atoms with Crippen LogP contribution < -0.4 is 15.9 Å². The van der Waals surface area contributed by atoms with Gasteiger partial charge in [-0.1, -0.05) is 104 Å². The van der Waals surface area contributed by atoms with Crippen LogP contribution in [0.3, 0.4) is 0 Å². The predicted octanol–water partition coefficient (Wildman–Crippen LogP) is 7.54. The summed E-state index contributed by atoms with van der Waals surface area (Å²) in [7, 11) is -3.32. The van der Waals surface area contributed by atoms with Crippen molar-refractivity contribution in [2.45, 2.75) is 19.3 Å². The molecule has 0 amide bonds. The summed E-state index contributed by atoms with van der Waals surface area (Å²) in [6.45, 7) is 2.15. The van der Waals surface area contributed by atoms with Crippen molar-refractivity contribution in [1.82, 2.24) is 9.97 Å². The van der Waals surface area contributed by atoms with Gasteiger partial charge in [0.25, 0.3) is 0 Å². The molecule has 0 saturated heterocycles. The topological polar surface area (TPSA) is 55.2 Å². The van der Waals surface area contributed by atoms with Gasteiger partial charge in [-0.2, -0.15) is 0 Å². The van der Waals surface area contributed by atoms with Crippen molar-refractivity contribution >= 4 is 45.5 Å². The van der Waals surface area contributed by atoms with Crippen LogP contribution in [0.4, 0.5) is 5.69 Å². The van der Waals surface area contributed by atoms with E-state index in [9.17, 15) is 0 Å². The number of rotatable bonds is 4. The third-order valence-electron chi connectivity index (χ3n) is 8.34. The maximum absolute atomic E-state index is 16.0. The van der Waals surface area contributed by atoms with E-state index < -0.39 is 7.14 Å². The Morgan fingerprint density at radius 2 is 1.32 bits per heavy atom. The minimum absolute atomic E-state index is 0.0273. The van der Waals surface area contributed by atoms with E-state index in [4.69, 9.17) is 15.0 Å². The first-order chi connectivity index (χ1) is 20.2. The fraction of sp³-hybridized carbons (Fsp3) is 0.0833. The highest BCUT2D eigenvalue weighted by atomic mass is 31.2. The molecule has 0 N–H and O–H groups in total. The maximum atomic E-state index is 16.0. The van der Waals surface area contributed by atoms with Crippen LogP contribution in [0.5, 0.6) is 0 Å². The summed E-state index contributed by atoms with van der Waals surface area (Å²) < 4.78 is 16.0. The minimum atomic E-state index is -3.32. The zero-order chi connectivity index (χ0) is 27.6. The van der Waals surface area contributed by atoms with Crippen LogP contribution in [0.2, 0.25) is 0 Å². The van der Waals surface area contributed by atoms with Gasteiger partial charge in [0, 0.05) is 38.3 Å². The number of nitrogens with zero attached hydrogens (tertiary/aromatic N) is 3. The third-order valence-corrected chi connectivity index (χ3v) is 11.6. The van der Waals surface area contributed by atoms with Crippen LogP contribution >= 0.6 is 7.14 Å². The van der Waals surface area contributed by atoms with Crippen molar-refractivity contribution in [2.75, 3.05) is 0 Å². The lowest BCUT2D eigenvalue weighted by Crippen LogP contribution is -2.38. The fourth-order valence-electron chi connectivity index (χ4n) is 6.54. The number of aromatic nitrogens is 2. The molecule has 6 aromatic rings. The van der Waals surface area contributed by atoms with Gasteiger partial charge in [-0.05, 0) is 36.2 Å². The molecule has 0 fully saturated rings. The Morgan fingerprint density at radius 1 is 0.683 bits per heavy atom. The summed E-state index contributed by atoms with van der Waals surface area (Å²) in [6.07, 6.45) is 0.823. The number of benzene rings is 5. The molecule has 196 valence electrons. The van der Waals surface area contributed by atoms with Gasteiger partial charge in [0.2, 0.25) is 0 Å². The largest absolute Gasteiger partial charge is 0.309 e. The zero-order valence-electron chi connectivity index (χ0n) is 22.5. The van der Waals surface area contributed by atoms with Crippen LogP contribution in [-0.2, 0) is 4.57 Å². The third kappa shape index (κ3) is 3.47. The molecular formula is C36H26N3OP. The molecule has 2 atom stereocenters. The molecule has 8 rings (SSSR count). The molecule has 2 aliphatic rings. The molecule has 5 aromatic carbocycles. The smallest absolute Gasteiger partial charge is 0.172 e. The number of hydrogen-bond donors (Lipinski definition) is 0. The van der Waals surface area contributed by atoms with Gasteiger partial charge in [0.1, 0.15) is 0 Å². The van der Waals surface area contributed by atoms with Crippen LogP contribution in [0.25, 0.3) is 33.5 Å². The van der Waals surface area contributed by atoms with E-state index in [0.717, 1.165) is 78.4 Å².